The number of hydrogen-bond acceptors (Lipinski definition) is 5. The summed E-state index contributed by atoms with van der Waals surface area (Å²) in [5.74, 6) is 1.45. The molecule has 3 aromatic carbocycles. The molecule has 2 heterocycles. The van der Waals surface area contributed by atoms with Crippen LogP contribution in [0.2, 0.25) is 0 Å². The highest BCUT2D eigenvalue weighted by atomic mass is 16.3. The van der Waals surface area contributed by atoms with Gasteiger partial charge >= 0.3 is 0 Å². The quantitative estimate of drug-likeness (QED) is 0.301. The molecule has 0 radical (unpaired) electrons. The first kappa shape index (κ1) is 23.6. The normalized spacial score (nSPS) is 11.2. The second-order valence-corrected chi connectivity index (χ2v) is 8.90. The Labute approximate surface area is 211 Å². The van der Waals surface area contributed by atoms with Gasteiger partial charge in [-0.1, -0.05) is 92.2 Å². The average molecular weight is 479 g/mol. The molecule has 0 bridgehead atoms. The number of nitrogens with zero attached hydrogens (tertiary/aromatic N) is 6. The predicted octanol–water partition coefficient (Wildman–Crippen LogP) is 5.14. The van der Waals surface area contributed by atoms with Gasteiger partial charge in [0.1, 0.15) is 12.4 Å². The van der Waals surface area contributed by atoms with Crippen LogP contribution in [-0.2, 0) is 26.1 Å². The molecule has 7 nitrogen and oxygen atoms in total. The van der Waals surface area contributed by atoms with Crippen LogP contribution < -0.4 is 0 Å². The van der Waals surface area contributed by atoms with E-state index in [1.54, 1.807) is 0 Å². The number of aliphatic hydroxyl groups is 1. The summed E-state index contributed by atoms with van der Waals surface area (Å²) < 4.78 is 3.98. The SMILES string of the molecule is CCCCc1cnc(CO)n1Cc1ccc(-c2ccccc2-c2nnnn2Cc2ccccc2)cc1. The maximum atomic E-state index is 9.76. The Hall–Kier alpha value is -4.10. The predicted molar refractivity (Wildman–Crippen MR) is 140 cm³/mol. The lowest BCUT2D eigenvalue weighted by Crippen LogP contribution is -2.09. The summed E-state index contributed by atoms with van der Waals surface area (Å²) in [6, 6.07) is 27.0. The Morgan fingerprint density at radius 1 is 0.806 bits per heavy atom. The monoisotopic (exact) mass is 478 g/mol. The average Bonchev–Trinajstić information content (AvgIpc) is 3.55. The molecule has 2 aromatic heterocycles. The van der Waals surface area contributed by atoms with Crippen molar-refractivity contribution in [2.75, 3.05) is 0 Å². The number of tetrazole rings is 1. The third kappa shape index (κ3) is 5.11. The van der Waals surface area contributed by atoms with E-state index in [0.717, 1.165) is 52.9 Å². The number of rotatable bonds is 10. The van der Waals surface area contributed by atoms with Crippen molar-refractivity contribution in [3.8, 4) is 22.5 Å². The maximum absolute atomic E-state index is 9.76. The minimum Gasteiger partial charge on any atom is -0.388 e. The Balaban J connectivity index is 1.41. The molecule has 0 saturated carbocycles. The minimum atomic E-state index is -0.0602. The van der Waals surface area contributed by atoms with Crippen molar-refractivity contribution >= 4 is 0 Å². The fraction of sp³-hybridized carbons (Fsp3) is 0.241. The Bertz CT molecular complexity index is 1410. The molecule has 0 aliphatic carbocycles. The lowest BCUT2D eigenvalue weighted by molar-refractivity contribution is 0.265. The first-order chi connectivity index (χ1) is 17.8. The van der Waals surface area contributed by atoms with Gasteiger partial charge in [0.2, 0.25) is 0 Å². The zero-order valence-electron chi connectivity index (χ0n) is 20.5. The highest BCUT2D eigenvalue weighted by Crippen LogP contribution is 2.31. The summed E-state index contributed by atoms with van der Waals surface area (Å²) in [5, 5.41) is 22.3. The second-order valence-electron chi connectivity index (χ2n) is 8.90. The molecule has 182 valence electrons. The summed E-state index contributed by atoms with van der Waals surface area (Å²) in [6.07, 6.45) is 5.09. The molecule has 0 unspecified atom stereocenters. The molecule has 0 spiro atoms. The first-order valence-corrected chi connectivity index (χ1v) is 12.4. The van der Waals surface area contributed by atoms with Gasteiger partial charge in [-0.05, 0) is 45.5 Å². The third-order valence-corrected chi connectivity index (χ3v) is 6.43. The van der Waals surface area contributed by atoms with Crippen molar-refractivity contribution < 1.29 is 5.11 Å². The molecule has 0 aliphatic heterocycles. The molecule has 1 N–H and O–H groups in total. The number of aromatic nitrogens is 6. The Kier molecular flexibility index (Phi) is 7.28. The molecule has 0 atom stereocenters. The maximum Gasteiger partial charge on any atom is 0.182 e. The zero-order chi connectivity index (χ0) is 24.7. The number of aliphatic hydroxyl groups excluding tert-OH is 1. The standard InChI is InChI=1S/C29H30N6O/c1-2-3-11-25-18-30-28(21-36)34(25)19-23-14-16-24(17-15-23)26-12-7-8-13-27(26)29-31-32-33-35(29)20-22-9-5-4-6-10-22/h4-10,12-18,36H,2-3,11,19-21H2,1H3. The molecule has 0 amide bonds. The molecular weight excluding hydrogens is 448 g/mol. The number of imidazole rings is 1. The van der Waals surface area contributed by atoms with E-state index in [9.17, 15) is 5.11 Å². The number of benzene rings is 3. The molecule has 0 aliphatic rings. The Morgan fingerprint density at radius 3 is 2.28 bits per heavy atom. The third-order valence-electron chi connectivity index (χ3n) is 6.43. The van der Waals surface area contributed by atoms with Gasteiger partial charge in [0.25, 0.3) is 0 Å². The molecule has 5 aromatic rings. The number of hydrogen-bond donors (Lipinski definition) is 1. The summed E-state index contributed by atoms with van der Waals surface area (Å²) in [5.41, 5.74) is 6.65. The van der Waals surface area contributed by atoms with Crippen LogP contribution in [0.1, 0.15) is 42.4 Å². The van der Waals surface area contributed by atoms with Gasteiger partial charge < -0.3 is 9.67 Å². The molecular formula is C29H30N6O. The van der Waals surface area contributed by atoms with Crippen molar-refractivity contribution in [3.05, 3.63) is 108 Å². The van der Waals surface area contributed by atoms with Gasteiger partial charge in [0.05, 0.1) is 6.54 Å². The molecule has 0 saturated heterocycles. The van der Waals surface area contributed by atoms with Gasteiger partial charge in [-0.15, -0.1) is 5.10 Å². The minimum absolute atomic E-state index is 0.0602. The van der Waals surface area contributed by atoms with Crippen LogP contribution >= 0.6 is 0 Å². The van der Waals surface area contributed by atoms with Crippen molar-refractivity contribution in [2.24, 2.45) is 0 Å². The smallest absolute Gasteiger partial charge is 0.182 e. The van der Waals surface area contributed by atoms with Gasteiger partial charge in [-0.25, -0.2) is 9.67 Å². The Morgan fingerprint density at radius 2 is 1.53 bits per heavy atom. The molecule has 7 heteroatoms. The van der Waals surface area contributed by atoms with Crippen LogP contribution in [0.5, 0.6) is 0 Å². The number of aryl methyl sites for hydroxylation is 1. The second kappa shape index (κ2) is 11.1. The fourth-order valence-electron chi connectivity index (χ4n) is 4.49. The first-order valence-electron chi connectivity index (χ1n) is 12.4. The molecule has 0 fully saturated rings. The molecule has 36 heavy (non-hydrogen) atoms. The van der Waals surface area contributed by atoms with Crippen molar-refractivity contribution in [1.29, 1.82) is 0 Å². The summed E-state index contributed by atoms with van der Waals surface area (Å²) >= 11 is 0. The van der Waals surface area contributed by atoms with E-state index >= 15 is 0 Å². The van der Waals surface area contributed by atoms with Crippen LogP contribution in [0.4, 0.5) is 0 Å². The van der Waals surface area contributed by atoms with Crippen LogP contribution in [0.3, 0.4) is 0 Å². The van der Waals surface area contributed by atoms with Crippen molar-refractivity contribution in [3.63, 3.8) is 0 Å². The zero-order valence-corrected chi connectivity index (χ0v) is 20.5. The van der Waals surface area contributed by atoms with Crippen LogP contribution in [0, 0.1) is 0 Å². The van der Waals surface area contributed by atoms with Crippen LogP contribution in [0.25, 0.3) is 22.5 Å². The van der Waals surface area contributed by atoms with Gasteiger partial charge in [-0.3, -0.25) is 0 Å². The highest BCUT2D eigenvalue weighted by Gasteiger charge is 2.15. The van der Waals surface area contributed by atoms with E-state index in [2.05, 4.69) is 80.5 Å². The van der Waals surface area contributed by atoms with E-state index in [4.69, 9.17) is 0 Å². The molecule has 5 rings (SSSR count). The summed E-state index contributed by atoms with van der Waals surface area (Å²) in [4.78, 5) is 4.42. The van der Waals surface area contributed by atoms with Gasteiger partial charge in [-0.2, -0.15) is 0 Å². The van der Waals surface area contributed by atoms with Crippen molar-refractivity contribution in [1.82, 2.24) is 29.8 Å². The summed E-state index contributed by atoms with van der Waals surface area (Å²) in [7, 11) is 0. The lowest BCUT2D eigenvalue weighted by atomic mass is 9.98. The van der Waals surface area contributed by atoms with Crippen LogP contribution in [-0.4, -0.2) is 34.9 Å². The summed E-state index contributed by atoms with van der Waals surface area (Å²) in [6.45, 7) is 3.42. The van der Waals surface area contributed by atoms with Crippen LogP contribution in [0.15, 0.2) is 85.1 Å². The fourth-order valence-corrected chi connectivity index (χ4v) is 4.49. The largest absolute Gasteiger partial charge is 0.388 e. The van der Waals surface area contributed by atoms with Crippen molar-refractivity contribution in [2.45, 2.75) is 45.9 Å². The van der Waals surface area contributed by atoms with E-state index < -0.39 is 0 Å². The van der Waals surface area contributed by atoms with E-state index in [1.807, 2.05) is 41.2 Å². The van der Waals surface area contributed by atoms with Gasteiger partial charge in [0, 0.05) is 24.0 Å². The highest BCUT2D eigenvalue weighted by molar-refractivity contribution is 5.80. The van der Waals surface area contributed by atoms with E-state index in [0.29, 0.717) is 18.9 Å². The van der Waals surface area contributed by atoms with E-state index in [-0.39, 0.29) is 6.61 Å². The van der Waals surface area contributed by atoms with Gasteiger partial charge in [0.15, 0.2) is 5.82 Å². The topological polar surface area (TPSA) is 81.7 Å². The lowest BCUT2D eigenvalue weighted by Gasteiger charge is -2.13. The number of unbranched alkanes of at least 4 members (excludes halogenated alkanes) is 1. The van der Waals surface area contributed by atoms with E-state index in [1.165, 1.54) is 5.69 Å².